The average molecular weight is 1270 g/mol. The number of rotatable bonds is 70. The molecule has 530 valence electrons. The van der Waals surface area contributed by atoms with Crippen molar-refractivity contribution in [3.05, 3.63) is 29.1 Å². The first kappa shape index (κ1) is 89.6. The van der Waals surface area contributed by atoms with Crippen LogP contribution in [0.5, 0.6) is 5.75 Å². The summed E-state index contributed by atoms with van der Waals surface area (Å²) in [4.78, 5) is 0. The van der Waals surface area contributed by atoms with Gasteiger partial charge in [-0.3, -0.25) is 0 Å². The molecular weight excluding hydrogens is 1120 g/mol. The zero-order valence-electron chi connectivity index (χ0n) is 59.9. The van der Waals surface area contributed by atoms with Gasteiger partial charge in [0, 0.05) is 0 Å². The Morgan fingerprint density at radius 1 is 0.213 bits per heavy atom. The maximum absolute atomic E-state index is 12.7. The Morgan fingerprint density at radius 3 is 0.472 bits per heavy atom. The van der Waals surface area contributed by atoms with Gasteiger partial charge in [-0.2, -0.15) is 8.78 Å². The second-order valence-corrected chi connectivity index (χ2v) is 27.1. The number of unbranched alkanes of at least 4 members (excludes halogenated alkanes) is 60. The van der Waals surface area contributed by atoms with Crippen LogP contribution in [0.15, 0.2) is 0 Å². The minimum absolute atomic E-state index is 1.25. The lowest BCUT2D eigenvalue weighted by molar-refractivity contribution is 0.263. The van der Waals surface area contributed by atoms with Gasteiger partial charge in [0.1, 0.15) is 0 Å². The minimum Gasteiger partial charge on any atom is -0.507 e. The summed E-state index contributed by atoms with van der Waals surface area (Å²) in [6.45, 7) is 14.2. The summed E-state index contributed by atoms with van der Waals surface area (Å²) in [5.74, 6) is -13.1. The lowest BCUT2D eigenvalue weighted by atomic mass is 10.0. The van der Waals surface area contributed by atoms with Gasteiger partial charge in [-0.05, 0) is 51.9 Å². The zero-order chi connectivity index (χ0) is 65.2. The highest BCUT2D eigenvalue weighted by Crippen LogP contribution is 2.29. The van der Waals surface area contributed by atoms with Gasteiger partial charge in [-0.25, -0.2) is 13.2 Å². The monoisotopic (exact) mass is 1270 g/mol. The number of benzene rings is 1. The topological polar surface area (TPSA) is 73.8 Å². The van der Waals surface area contributed by atoms with Crippen molar-refractivity contribution in [1.82, 2.24) is 10.6 Å². The van der Waals surface area contributed by atoms with E-state index in [0.717, 1.165) is 0 Å². The molecule has 0 fully saturated rings. The summed E-state index contributed by atoms with van der Waals surface area (Å²) in [6, 6.07) is 0. The molecule has 0 atom stereocenters. The fraction of sp³-hybridized carbons (Fsp3) is 0.923. The summed E-state index contributed by atoms with van der Waals surface area (Å²) in [5, 5.41) is 23.7. The van der Waals surface area contributed by atoms with Crippen LogP contribution in [0.25, 0.3) is 0 Å². The minimum atomic E-state index is -2.70. The molecule has 1 aromatic rings. The van der Waals surface area contributed by atoms with Crippen molar-refractivity contribution in [2.24, 2.45) is 0 Å². The Bertz CT molecular complexity index is 1330. The molecule has 0 saturated heterocycles. The van der Waals surface area contributed by atoms with Crippen LogP contribution < -0.4 is 15.3 Å². The number of hydrogen-bond donors (Lipinski definition) is 4. The van der Waals surface area contributed by atoms with Gasteiger partial charge in [-0.1, -0.05) is 413 Å². The summed E-state index contributed by atoms with van der Waals surface area (Å²) in [5.41, 5.74) is 0. The molecule has 0 bridgehead atoms. The van der Waals surface area contributed by atoms with Crippen molar-refractivity contribution in [2.45, 2.75) is 439 Å². The predicted octanol–water partition coefficient (Wildman–Crippen LogP) is 26.9. The molecule has 0 amide bonds. The molecule has 0 saturated carbocycles. The van der Waals surface area contributed by atoms with Crippen LogP contribution >= 0.6 is 0 Å². The van der Waals surface area contributed by atoms with E-state index in [0.29, 0.717) is 0 Å². The molecule has 0 aromatic heterocycles. The quantitative estimate of drug-likeness (QED) is 0.0172. The molecule has 0 heterocycles. The molecule has 11 heteroatoms. The van der Waals surface area contributed by atoms with Crippen LogP contribution in [0.2, 0.25) is 0 Å². The van der Waals surface area contributed by atoms with Gasteiger partial charge >= 0.3 is 7.32 Å². The third-order valence-electron chi connectivity index (χ3n) is 18.2. The second kappa shape index (κ2) is 77.3. The van der Waals surface area contributed by atoms with E-state index >= 15 is 0 Å². The lowest BCUT2D eigenvalue weighted by Crippen LogP contribution is -2.23. The normalized spacial score (nSPS) is 11.3. The van der Waals surface area contributed by atoms with Crippen LogP contribution in [-0.2, 0) is 0 Å². The summed E-state index contributed by atoms with van der Waals surface area (Å²) < 4.78 is 66.3. The SMILES string of the molecule is CCCCCCCCCCCCCCCCCCNCCCCCCCCCCCCCCCCCC.CCCCCCCCCCCCCCCCCCNCCCCCCCCCCCCCCCCCC.OB(O)Oc1c(F)c(F)c(F)c(F)c1F. The Hall–Kier alpha value is -1.43. The molecule has 1 aromatic carbocycles. The van der Waals surface area contributed by atoms with Crippen molar-refractivity contribution >= 4 is 7.32 Å². The van der Waals surface area contributed by atoms with E-state index in [1.807, 2.05) is 0 Å². The molecule has 0 aliphatic rings. The van der Waals surface area contributed by atoms with E-state index in [1.165, 1.54) is 437 Å². The number of nitrogens with one attached hydrogen (secondary N) is 2. The van der Waals surface area contributed by atoms with Gasteiger partial charge in [0.2, 0.25) is 29.1 Å². The lowest BCUT2D eigenvalue weighted by Gasteiger charge is -2.08. The van der Waals surface area contributed by atoms with Crippen molar-refractivity contribution in [3.8, 4) is 5.75 Å². The molecule has 0 spiro atoms. The van der Waals surface area contributed by atoms with Crippen LogP contribution in [0.1, 0.15) is 439 Å². The number of halogens is 5. The zero-order valence-corrected chi connectivity index (χ0v) is 59.9. The second-order valence-electron chi connectivity index (χ2n) is 27.1. The molecule has 5 nitrogen and oxygen atoms in total. The third kappa shape index (κ3) is 69.2. The van der Waals surface area contributed by atoms with E-state index in [4.69, 9.17) is 10.0 Å². The highest BCUT2D eigenvalue weighted by atomic mass is 19.2. The maximum Gasteiger partial charge on any atom is 0.707 e. The Morgan fingerprint density at radius 2 is 0.337 bits per heavy atom. The summed E-state index contributed by atoms with van der Waals surface area (Å²) in [6.07, 6.45) is 93.4. The van der Waals surface area contributed by atoms with Crippen LogP contribution in [0.3, 0.4) is 0 Å². The Labute approximate surface area is 551 Å². The van der Waals surface area contributed by atoms with Crippen LogP contribution in [0.4, 0.5) is 22.0 Å². The molecule has 1 rings (SSSR count). The summed E-state index contributed by atoms with van der Waals surface area (Å²) >= 11 is 0. The highest BCUT2D eigenvalue weighted by Gasteiger charge is 2.29. The van der Waals surface area contributed by atoms with E-state index in [9.17, 15) is 22.0 Å². The van der Waals surface area contributed by atoms with Crippen LogP contribution in [0, 0.1) is 29.1 Å². The van der Waals surface area contributed by atoms with Crippen molar-refractivity contribution in [2.75, 3.05) is 26.2 Å². The Balaban J connectivity index is 0. The first-order valence-electron chi connectivity index (χ1n) is 39.6. The molecule has 4 N–H and O–H groups in total. The molecule has 0 radical (unpaired) electrons. The van der Waals surface area contributed by atoms with E-state index in [2.05, 4.69) is 43.0 Å². The highest BCUT2D eigenvalue weighted by molar-refractivity contribution is 6.33. The van der Waals surface area contributed by atoms with E-state index in [-0.39, 0.29) is 0 Å². The molecule has 89 heavy (non-hydrogen) atoms. The van der Waals surface area contributed by atoms with Gasteiger partial charge in [0.05, 0.1) is 0 Å². The Kier molecular flexibility index (Phi) is 77.8. The largest absolute Gasteiger partial charge is 0.707 e. The van der Waals surface area contributed by atoms with Crippen molar-refractivity contribution < 1.29 is 36.7 Å². The number of hydrogen-bond acceptors (Lipinski definition) is 5. The molecule has 0 aliphatic heterocycles. The van der Waals surface area contributed by atoms with Gasteiger partial charge < -0.3 is 25.3 Å². The average Bonchev–Trinajstić information content (AvgIpc) is 1.73. The van der Waals surface area contributed by atoms with Crippen LogP contribution in [-0.4, -0.2) is 43.5 Å². The van der Waals surface area contributed by atoms with Gasteiger partial charge in [0.25, 0.3) is 0 Å². The van der Waals surface area contributed by atoms with Crippen molar-refractivity contribution in [1.29, 1.82) is 0 Å². The first-order valence-corrected chi connectivity index (χ1v) is 39.6. The molecular formula is C78H152BF5N2O3. The maximum atomic E-state index is 12.7. The van der Waals surface area contributed by atoms with E-state index in [1.54, 1.807) is 0 Å². The summed E-state index contributed by atoms with van der Waals surface area (Å²) in [7, 11) is -2.70. The van der Waals surface area contributed by atoms with Gasteiger partial charge in [-0.15, -0.1) is 0 Å². The van der Waals surface area contributed by atoms with Gasteiger partial charge in [0.15, 0.2) is 5.75 Å². The first-order chi connectivity index (χ1) is 43.7. The standard InChI is InChI=1S/2C36H75N.C6H2BF5O3/c2*1-3-5-7-9-11-13-15-17-19-21-23-25-27-29-31-33-35-37-36-34-32-30-28-26-24-22-20-18-16-14-12-10-8-6-4-2;8-1-2(9)4(11)6(15-7(13)14)5(12)3(1)10/h2*37H,3-36H2,1-2H3;13-14H. The fourth-order valence-corrected chi connectivity index (χ4v) is 12.2. The van der Waals surface area contributed by atoms with E-state index < -0.39 is 42.2 Å². The predicted molar refractivity (Wildman–Crippen MR) is 381 cm³/mol. The van der Waals surface area contributed by atoms with Crippen molar-refractivity contribution in [3.63, 3.8) is 0 Å². The molecule has 0 aliphatic carbocycles. The molecule has 0 unspecified atom stereocenters. The smallest absolute Gasteiger partial charge is 0.507 e. The fourth-order valence-electron chi connectivity index (χ4n) is 12.2. The third-order valence-corrected chi connectivity index (χ3v) is 18.2.